The van der Waals surface area contributed by atoms with Gasteiger partial charge in [0.05, 0.1) is 32.3 Å². The number of methoxy groups -OCH3 is 1. The number of rotatable bonds is 5. The summed E-state index contributed by atoms with van der Waals surface area (Å²) in [7, 11) is 1.19. The standard InChI is InChI=1S/C27H36O13/c1-24-5-6-26(34)22(32)39-14(12-4-7-36-11-12)9-25(26,2)16(24)8-13-20(37-13)27(24,23(33)35-3)40-21-19(31)18(30)17(29)15(10-28)38-21/h4,7,11,13-21,28-31,34H,5-6,8-10H2,1-3H3. The molecule has 3 aliphatic heterocycles. The Morgan fingerprint density at radius 1 is 1.10 bits per heavy atom. The summed E-state index contributed by atoms with van der Waals surface area (Å²) in [5.74, 6) is -2.11. The molecule has 3 saturated heterocycles. The smallest absolute Gasteiger partial charge is 0.341 e. The lowest BCUT2D eigenvalue weighted by Gasteiger charge is -2.65. The number of carbonyl (C=O) groups excluding carboxylic acids is 2. The average molecular weight is 569 g/mol. The minimum Gasteiger partial charge on any atom is -0.472 e. The fourth-order valence-electron chi connectivity index (χ4n) is 8.14. The molecule has 0 spiro atoms. The summed E-state index contributed by atoms with van der Waals surface area (Å²) >= 11 is 0. The zero-order chi connectivity index (χ0) is 28.8. The minimum atomic E-state index is -1.89. The molecular formula is C27H36O13. The topological polar surface area (TPSA) is 198 Å². The number of ether oxygens (including phenoxy) is 5. The van der Waals surface area contributed by atoms with Crippen LogP contribution in [0.2, 0.25) is 0 Å². The van der Waals surface area contributed by atoms with Crippen LogP contribution in [0.3, 0.4) is 0 Å². The SMILES string of the molecule is COC(=O)C1(OC2OC(CO)C(O)C(O)C2O)C2OC2CC2C3(C)CC(c4ccoc4)OC(=O)C3(O)CCC21C. The summed E-state index contributed by atoms with van der Waals surface area (Å²) < 4.78 is 34.2. The summed E-state index contributed by atoms with van der Waals surface area (Å²) in [5.41, 5.74) is -5.36. The molecule has 40 heavy (non-hydrogen) atoms. The molecule has 4 heterocycles. The molecule has 0 aromatic carbocycles. The van der Waals surface area contributed by atoms with E-state index in [-0.39, 0.29) is 19.3 Å². The van der Waals surface area contributed by atoms with Crippen molar-refractivity contribution in [2.75, 3.05) is 13.7 Å². The Morgan fingerprint density at radius 2 is 1.85 bits per heavy atom. The summed E-state index contributed by atoms with van der Waals surface area (Å²) in [4.78, 5) is 27.2. The van der Waals surface area contributed by atoms with Crippen molar-refractivity contribution in [3.05, 3.63) is 24.2 Å². The van der Waals surface area contributed by atoms with Crippen LogP contribution in [0.5, 0.6) is 0 Å². The van der Waals surface area contributed by atoms with Crippen molar-refractivity contribution < 1.29 is 63.2 Å². The Kier molecular flexibility index (Phi) is 6.45. The van der Waals surface area contributed by atoms with Gasteiger partial charge in [-0.25, -0.2) is 9.59 Å². The van der Waals surface area contributed by atoms with Gasteiger partial charge in [-0.15, -0.1) is 0 Å². The molecule has 0 bridgehead atoms. The average Bonchev–Trinajstić information content (AvgIpc) is 3.50. The molecule has 13 nitrogen and oxygen atoms in total. The second kappa shape index (κ2) is 9.20. The monoisotopic (exact) mass is 568 g/mol. The van der Waals surface area contributed by atoms with Gasteiger partial charge < -0.3 is 53.6 Å². The van der Waals surface area contributed by atoms with Crippen LogP contribution in [0.25, 0.3) is 0 Å². The molecule has 1 aromatic heterocycles. The van der Waals surface area contributed by atoms with Gasteiger partial charge in [0.2, 0.25) is 5.60 Å². The molecule has 5 N–H and O–H groups in total. The highest BCUT2D eigenvalue weighted by atomic mass is 16.7. The third-order valence-electron chi connectivity index (χ3n) is 10.5. The second-order valence-corrected chi connectivity index (χ2v) is 12.3. The lowest BCUT2D eigenvalue weighted by atomic mass is 9.41. The Labute approximate surface area is 229 Å². The maximum absolute atomic E-state index is 13.8. The molecule has 13 atom stereocenters. The summed E-state index contributed by atoms with van der Waals surface area (Å²) in [6, 6.07) is 1.69. The van der Waals surface area contributed by atoms with Gasteiger partial charge in [0.25, 0.3) is 0 Å². The predicted octanol–water partition coefficient (Wildman–Crippen LogP) is -0.679. The number of aliphatic hydroxyl groups excluding tert-OH is 4. The predicted molar refractivity (Wildman–Crippen MR) is 129 cm³/mol. The zero-order valence-corrected chi connectivity index (χ0v) is 22.5. The maximum Gasteiger partial charge on any atom is 0.341 e. The number of esters is 2. The quantitative estimate of drug-likeness (QED) is 0.221. The van der Waals surface area contributed by atoms with E-state index in [1.54, 1.807) is 13.0 Å². The first-order valence-electron chi connectivity index (χ1n) is 13.6. The van der Waals surface area contributed by atoms with Crippen LogP contribution in [0.1, 0.15) is 51.2 Å². The maximum atomic E-state index is 13.8. The van der Waals surface area contributed by atoms with Crippen molar-refractivity contribution in [1.29, 1.82) is 0 Å². The van der Waals surface area contributed by atoms with E-state index >= 15 is 0 Å². The molecule has 0 radical (unpaired) electrons. The van der Waals surface area contributed by atoms with Gasteiger partial charge in [-0.2, -0.15) is 0 Å². The number of hydrogen-bond acceptors (Lipinski definition) is 13. The Bertz CT molecular complexity index is 1160. The molecular weight excluding hydrogens is 532 g/mol. The largest absolute Gasteiger partial charge is 0.472 e. The molecule has 2 saturated carbocycles. The van der Waals surface area contributed by atoms with Gasteiger partial charge in [0, 0.05) is 16.4 Å². The fourth-order valence-corrected chi connectivity index (χ4v) is 8.14. The van der Waals surface area contributed by atoms with Gasteiger partial charge in [-0.1, -0.05) is 13.8 Å². The fraction of sp³-hybridized carbons (Fsp3) is 0.778. The lowest BCUT2D eigenvalue weighted by Crippen LogP contribution is -2.75. The van der Waals surface area contributed by atoms with E-state index in [1.165, 1.54) is 19.6 Å². The van der Waals surface area contributed by atoms with Crippen molar-refractivity contribution in [2.24, 2.45) is 16.7 Å². The van der Waals surface area contributed by atoms with E-state index in [4.69, 9.17) is 28.1 Å². The molecule has 13 heteroatoms. The molecule has 6 rings (SSSR count). The first kappa shape index (κ1) is 28.0. The van der Waals surface area contributed by atoms with E-state index in [0.29, 0.717) is 12.0 Å². The molecule has 13 unspecified atom stereocenters. The molecule has 5 fully saturated rings. The van der Waals surface area contributed by atoms with Crippen LogP contribution in [-0.2, 0) is 33.3 Å². The number of hydrogen-bond donors (Lipinski definition) is 5. The lowest BCUT2D eigenvalue weighted by molar-refractivity contribution is -0.354. The van der Waals surface area contributed by atoms with Crippen LogP contribution in [-0.4, -0.2) is 105 Å². The van der Waals surface area contributed by atoms with Gasteiger partial charge in [0.15, 0.2) is 11.9 Å². The van der Waals surface area contributed by atoms with Crippen LogP contribution in [0.15, 0.2) is 23.0 Å². The highest BCUT2D eigenvalue weighted by molar-refractivity contribution is 5.85. The third kappa shape index (κ3) is 3.49. The minimum absolute atomic E-state index is 0.0540. The molecule has 5 aliphatic rings. The van der Waals surface area contributed by atoms with Crippen LogP contribution >= 0.6 is 0 Å². The highest BCUT2D eigenvalue weighted by Gasteiger charge is 2.81. The van der Waals surface area contributed by atoms with E-state index in [9.17, 15) is 35.1 Å². The van der Waals surface area contributed by atoms with E-state index in [1.807, 2.05) is 6.92 Å². The van der Waals surface area contributed by atoms with E-state index < -0.39 is 95.5 Å². The van der Waals surface area contributed by atoms with Crippen molar-refractivity contribution >= 4 is 11.9 Å². The van der Waals surface area contributed by atoms with Gasteiger partial charge in [-0.05, 0) is 37.7 Å². The second-order valence-electron chi connectivity index (χ2n) is 12.3. The number of aliphatic hydroxyl groups is 5. The summed E-state index contributed by atoms with van der Waals surface area (Å²) in [5, 5.41) is 53.1. The third-order valence-corrected chi connectivity index (χ3v) is 10.5. The molecule has 1 aromatic rings. The van der Waals surface area contributed by atoms with Gasteiger partial charge in [-0.3, -0.25) is 0 Å². The Hall–Kier alpha value is -2.10. The number of carbonyl (C=O) groups is 2. The van der Waals surface area contributed by atoms with Gasteiger partial charge >= 0.3 is 11.9 Å². The van der Waals surface area contributed by atoms with Crippen molar-refractivity contribution in [2.45, 2.75) is 99.8 Å². The number of furan rings is 1. The number of epoxide rings is 1. The van der Waals surface area contributed by atoms with Crippen LogP contribution < -0.4 is 0 Å². The van der Waals surface area contributed by atoms with E-state index in [2.05, 4.69) is 0 Å². The van der Waals surface area contributed by atoms with Crippen molar-refractivity contribution in [3.63, 3.8) is 0 Å². The molecule has 0 amide bonds. The van der Waals surface area contributed by atoms with E-state index in [0.717, 1.165) is 0 Å². The van der Waals surface area contributed by atoms with Gasteiger partial charge in [0.1, 0.15) is 36.6 Å². The summed E-state index contributed by atoms with van der Waals surface area (Å²) in [6.45, 7) is 2.94. The first-order chi connectivity index (χ1) is 18.9. The first-order valence-corrected chi connectivity index (χ1v) is 13.6. The zero-order valence-electron chi connectivity index (χ0n) is 22.5. The summed E-state index contributed by atoms with van der Waals surface area (Å²) in [6.07, 6.45) is -6.37. The highest BCUT2D eigenvalue weighted by Crippen LogP contribution is 2.71. The Morgan fingerprint density at radius 3 is 2.50 bits per heavy atom. The van der Waals surface area contributed by atoms with Crippen LogP contribution in [0.4, 0.5) is 0 Å². The number of cyclic esters (lactones) is 1. The normalized spacial score (nSPS) is 51.6. The molecule has 2 aliphatic carbocycles. The van der Waals surface area contributed by atoms with Crippen LogP contribution in [0, 0.1) is 16.7 Å². The van der Waals surface area contributed by atoms with Crippen molar-refractivity contribution in [3.8, 4) is 0 Å². The van der Waals surface area contributed by atoms with Crippen molar-refractivity contribution in [1.82, 2.24) is 0 Å². The number of fused-ring (bicyclic) bond motifs is 4. The Balaban J connectivity index is 1.44. The molecule has 222 valence electrons.